The highest BCUT2D eigenvalue weighted by atomic mass is 15.1. The van der Waals surface area contributed by atoms with Gasteiger partial charge in [-0.05, 0) is 12.0 Å². The zero-order chi connectivity index (χ0) is 13.8. The van der Waals surface area contributed by atoms with Crippen molar-refractivity contribution >= 4 is 5.82 Å². The summed E-state index contributed by atoms with van der Waals surface area (Å²) in [6.07, 6.45) is 4.68. The summed E-state index contributed by atoms with van der Waals surface area (Å²) in [5.74, 6) is 0.529. The fourth-order valence-electron chi connectivity index (χ4n) is 2.67. The molecule has 0 unspecified atom stereocenters. The number of anilines is 1. The van der Waals surface area contributed by atoms with Crippen molar-refractivity contribution in [3.8, 4) is 0 Å². The zero-order valence-corrected chi connectivity index (χ0v) is 11.6. The molecule has 2 aromatic rings. The van der Waals surface area contributed by atoms with E-state index in [0.717, 1.165) is 50.3 Å². The summed E-state index contributed by atoms with van der Waals surface area (Å²) in [5.41, 5.74) is 9.30. The largest absolute Gasteiger partial charge is 0.382 e. The molecule has 0 atom stereocenters. The molecule has 0 aliphatic carbocycles. The number of aromatic nitrogens is 2. The molecule has 3 rings (SSSR count). The van der Waals surface area contributed by atoms with Crippen molar-refractivity contribution in [2.45, 2.75) is 19.3 Å². The predicted molar refractivity (Wildman–Crippen MR) is 80.4 cm³/mol. The topological polar surface area (TPSA) is 55.0 Å². The van der Waals surface area contributed by atoms with Crippen LogP contribution in [0, 0.1) is 0 Å². The molecule has 1 aliphatic rings. The lowest BCUT2D eigenvalue weighted by Crippen LogP contribution is -2.28. The Morgan fingerprint density at radius 1 is 1.05 bits per heavy atom. The molecule has 104 valence electrons. The van der Waals surface area contributed by atoms with Crippen LogP contribution < -0.4 is 5.73 Å². The molecule has 0 spiro atoms. The molecule has 0 saturated heterocycles. The fourth-order valence-corrected chi connectivity index (χ4v) is 2.67. The van der Waals surface area contributed by atoms with Crippen molar-refractivity contribution in [2.24, 2.45) is 0 Å². The Kier molecular flexibility index (Phi) is 3.92. The van der Waals surface area contributed by atoms with Gasteiger partial charge in [-0.3, -0.25) is 4.98 Å². The second kappa shape index (κ2) is 6.01. The quantitative estimate of drug-likeness (QED) is 0.920. The van der Waals surface area contributed by atoms with E-state index in [0.29, 0.717) is 5.82 Å². The molecule has 4 nitrogen and oxygen atoms in total. The van der Waals surface area contributed by atoms with Crippen LogP contribution in [-0.2, 0) is 19.3 Å². The van der Waals surface area contributed by atoms with Gasteiger partial charge in [-0.2, -0.15) is 0 Å². The van der Waals surface area contributed by atoms with Gasteiger partial charge in [0.2, 0.25) is 0 Å². The van der Waals surface area contributed by atoms with Gasteiger partial charge in [0.25, 0.3) is 0 Å². The van der Waals surface area contributed by atoms with Gasteiger partial charge in [0, 0.05) is 32.5 Å². The Morgan fingerprint density at radius 3 is 2.60 bits per heavy atom. The van der Waals surface area contributed by atoms with E-state index in [9.17, 15) is 0 Å². The van der Waals surface area contributed by atoms with Crippen LogP contribution in [0.2, 0.25) is 0 Å². The number of hydrogen-bond acceptors (Lipinski definition) is 4. The minimum absolute atomic E-state index is 0.529. The van der Waals surface area contributed by atoms with Gasteiger partial charge in [0.15, 0.2) is 0 Å². The molecule has 0 saturated carbocycles. The van der Waals surface area contributed by atoms with Gasteiger partial charge in [0.1, 0.15) is 5.82 Å². The van der Waals surface area contributed by atoms with Crippen LogP contribution in [0.3, 0.4) is 0 Å². The van der Waals surface area contributed by atoms with E-state index in [1.807, 2.05) is 0 Å². The molecular weight excluding hydrogens is 248 g/mol. The average Bonchev–Trinajstić information content (AvgIpc) is 2.68. The first-order valence-corrected chi connectivity index (χ1v) is 7.18. The maximum Gasteiger partial charge on any atom is 0.142 e. The van der Waals surface area contributed by atoms with Gasteiger partial charge < -0.3 is 10.6 Å². The highest BCUT2D eigenvalue weighted by Crippen LogP contribution is 2.13. The Bertz CT molecular complexity index is 568. The number of hydrogen-bond donors (Lipinski definition) is 1. The van der Waals surface area contributed by atoms with E-state index < -0.39 is 0 Å². The molecule has 4 heteroatoms. The third kappa shape index (κ3) is 3.14. The molecular formula is C16H20N4. The third-order valence-electron chi connectivity index (χ3n) is 3.84. The molecule has 1 aromatic carbocycles. The number of nitrogen functional groups attached to an aromatic ring is 1. The molecule has 20 heavy (non-hydrogen) atoms. The van der Waals surface area contributed by atoms with E-state index in [-0.39, 0.29) is 0 Å². The molecule has 2 N–H and O–H groups in total. The van der Waals surface area contributed by atoms with Gasteiger partial charge in [0.05, 0.1) is 17.6 Å². The predicted octanol–water partition coefficient (Wildman–Crippen LogP) is 1.70. The maximum atomic E-state index is 5.71. The Morgan fingerprint density at radius 2 is 1.80 bits per heavy atom. The van der Waals surface area contributed by atoms with E-state index in [1.54, 1.807) is 6.20 Å². The highest BCUT2D eigenvalue weighted by Gasteiger charge is 2.15. The minimum Gasteiger partial charge on any atom is -0.382 e. The van der Waals surface area contributed by atoms with Crippen LogP contribution in [0.5, 0.6) is 0 Å². The first kappa shape index (κ1) is 13.1. The first-order valence-electron chi connectivity index (χ1n) is 7.18. The Labute approximate surface area is 119 Å². The molecule has 1 aromatic heterocycles. The van der Waals surface area contributed by atoms with Gasteiger partial charge in [-0.1, -0.05) is 30.3 Å². The molecule has 0 amide bonds. The highest BCUT2D eigenvalue weighted by molar-refractivity contribution is 5.28. The van der Waals surface area contributed by atoms with Crippen LogP contribution >= 0.6 is 0 Å². The number of benzene rings is 1. The summed E-state index contributed by atoms with van der Waals surface area (Å²) < 4.78 is 0. The summed E-state index contributed by atoms with van der Waals surface area (Å²) in [5, 5.41) is 0. The lowest BCUT2D eigenvalue weighted by atomic mass is 10.1. The third-order valence-corrected chi connectivity index (χ3v) is 3.84. The number of rotatable bonds is 3. The molecule has 2 heterocycles. The second-order valence-corrected chi connectivity index (χ2v) is 5.27. The van der Waals surface area contributed by atoms with Crippen molar-refractivity contribution in [2.75, 3.05) is 25.4 Å². The van der Waals surface area contributed by atoms with Crippen molar-refractivity contribution in [1.29, 1.82) is 0 Å². The SMILES string of the molecule is Nc1cnc2c(n1)CCN(CCc1ccccc1)CC2. The molecule has 0 radical (unpaired) electrons. The van der Waals surface area contributed by atoms with Crippen LogP contribution in [0.25, 0.3) is 0 Å². The molecule has 0 fully saturated rings. The van der Waals surface area contributed by atoms with Gasteiger partial charge in [-0.15, -0.1) is 0 Å². The Balaban J connectivity index is 1.59. The fraction of sp³-hybridized carbons (Fsp3) is 0.375. The summed E-state index contributed by atoms with van der Waals surface area (Å²) in [4.78, 5) is 11.3. The van der Waals surface area contributed by atoms with Gasteiger partial charge >= 0.3 is 0 Å². The van der Waals surface area contributed by atoms with Crippen molar-refractivity contribution in [1.82, 2.24) is 14.9 Å². The summed E-state index contributed by atoms with van der Waals surface area (Å²) in [6, 6.07) is 10.6. The summed E-state index contributed by atoms with van der Waals surface area (Å²) in [7, 11) is 0. The lowest BCUT2D eigenvalue weighted by Gasteiger charge is -2.19. The minimum atomic E-state index is 0.529. The standard InChI is InChI=1S/C16H20N4/c17-16-12-18-14-7-10-20(11-8-15(14)19-16)9-6-13-4-2-1-3-5-13/h1-5,12H,6-11H2,(H2,17,19). The normalized spacial score (nSPS) is 15.6. The van der Waals surface area contributed by atoms with Crippen molar-refractivity contribution < 1.29 is 0 Å². The van der Waals surface area contributed by atoms with E-state index >= 15 is 0 Å². The van der Waals surface area contributed by atoms with E-state index in [2.05, 4.69) is 45.2 Å². The Hall–Kier alpha value is -1.94. The summed E-state index contributed by atoms with van der Waals surface area (Å²) in [6.45, 7) is 3.18. The average molecular weight is 268 g/mol. The first-order chi connectivity index (χ1) is 9.81. The van der Waals surface area contributed by atoms with Crippen LogP contribution in [0.4, 0.5) is 5.82 Å². The van der Waals surface area contributed by atoms with Crippen molar-refractivity contribution in [3.05, 3.63) is 53.5 Å². The lowest BCUT2D eigenvalue weighted by molar-refractivity contribution is 0.290. The van der Waals surface area contributed by atoms with Crippen LogP contribution in [-0.4, -0.2) is 34.5 Å². The second-order valence-electron chi connectivity index (χ2n) is 5.27. The number of fused-ring (bicyclic) bond motifs is 1. The van der Waals surface area contributed by atoms with Crippen LogP contribution in [0.15, 0.2) is 36.5 Å². The van der Waals surface area contributed by atoms with Crippen LogP contribution in [0.1, 0.15) is 17.0 Å². The smallest absolute Gasteiger partial charge is 0.142 e. The molecule has 1 aliphatic heterocycles. The monoisotopic (exact) mass is 268 g/mol. The maximum absolute atomic E-state index is 5.71. The number of nitrogens with two attached hydrogens (primary N) is 1. The van der Waals surface area contributed by atoms with Gasteiger partial charge in [-0.25, -0.2) is 4.98 Å². The zero-order valence-electron chi connectivity index (χ0n) is 11.6. The summed E-state index contributed by atoms with van der Waals surface area (Å²) >= 11 is 0. The molecule has 0 bridgehead atoms. The van der Waals surface area contributed by atoms with E-state index in [1.165, 1.54) is 5.56 Å². The van der Waals surface area contributed by atoms with Crippen molar-refractivity contribution in [3.63, 3.8) is 0 Å². The van der Waals surface area contributed by atoms with E-state index in [4.69, 9.17) is 5.73 Å². The number of nitrogens with zero attached hydrogens (tertiary/aromatic N) is 3.